The Morgan fingerprint density at radius 2 is 1.88 bits per heavy atom. The summed E-state index contributed by atoms with van der Waals surface area (Å²) in [6.07, 6.45) is 12.4. The quantitative estimate of drug-likeness (QED) is 0.305. The zero-order valence-corrected chi connectivity index (χ0v) is 9.96. The van der Waals surface area contributed by atoms with Crippen molar-refractivity contribution in [2.24, 2.45) is 0 Å². The maximum absolute atomic E-state index is 10.9. The van der Waals surface area contributed by atoms with E-state index in [1.807, 2.05) is 12.2 Å². The molecule has 17 heavy (non-hydrogen) atoms. The van der Waals surface area contributed by atoms with Crippen LogP contribution in [0.4, 0.5) is 0 Å². The minimum Gasteiger partial charge on any atom is -0.478 e. The average Bonchev–Trinajstić information content (AvgIpc) is 2.30. The van der Waals surface area contributed by atoms with Crippen molar-refractivity contribution in [3.8, 4) is 0 Å². The van der Waals surface area contributed by atoms with Crippen molar-refractivity contribution in [2.75, 3.05) is 6.61 Å². The summed E-state index contributed by atoms with van der Waals surface area (Å²) in [7, 11) is 0. The van der Waals surface area contributed by atoms with Crippen LogP contribution >= 0.6 is 0 Å². The van der Waals surface area contributed by atoms with Crippen molar-refractivity contribution in [3.05, 3.63) is 36.5 Å². The number of carbonyl (C=O) groups excluding carboxylic acids is 1. The summed E-state index contributed by atoms with van der Waals surface area (Å²) in [6, 6.07) is 0. The molecule has 0 rings (SSSR count). The first kappa shape index (κ1) is 15.2. The summed E-state index contributed by atoms with van der Waals surface area (Å²) in [5.74, 6) is -1.83. The first-order chi connectivity index (χ1) is 8.16. The minimum atomic E-state index is -1.17. The van der Waals surface area contributed by atoms with Crippen molar-refractivity contribution in [1.82, 2.24) is 0 Å². The third kappa shape index (κ3) is 12.1. The van der Waals surface area contributed by atoms with E-state index in [-0.39, 0.29) is 6.61 Å². The molecule has 0 atom stereocenters. The van der Waals surface area contributed by atoms with Crippen molar-refractivity contribution < 1.29 is 19.4 Å². The molecule has 0 aliphatic heterocycles. The molecule has 0 fully saturated rings. The van der Waals surface area contributed by atoms with Crippen molar-refractivity contribution in [3.63, 3.8) is 0 Å². The Hall–Kier alpha value is -1.84. The second-order valence-corrected chi connectivity index (χ2v) is 3.30. The normalized spacial score (nSPS) is 11.6. The lowest BCUT2D eigenvalue weighted by molar-refractivity contribution is -0.137. The third-order valence-electron chi connectivity index (χ3n) is 1.79. The number of unbranched alkanes of at least 4 members (excludes halogenated alkanes) is 2. The second-order valence-electron chi connectivity index (χ2n) is 3.30. The van der Waals surface area contributed by atoms with Gasteiger partial charge in [0, 0.05) is 12.2 Å². The predicted octanol–water partition coefficient (Wildman–Crippen LogP) is 2.47. The molecular weight excluding hydrogens is 220 g/mol. The Bertz CT molecular complexity index is 313. The van der Waals surface area contributed by atoms with E-state index in [4.69, 9.17) is 9.84 Å². The van der Waals surface area contributed by atoms with Crippen LogP contribution in [0.5, 0.6) is 0 Å². The maximum atomic E-state index is 10.9. The zero-order valence-electron chi connectivity index (χ0n) is 9.96. The molecule has 1 N–H and O–H groups in total. The molecule has 0 aliphatic carbocycles. The number of ether oxygens (including phenoxy) is 1. The minimum absolute atomic E-state index is 0.140. The molecule has 94 valence electrons. The molecule has 0 aromatic heterocycles. The molecule has 0 radical (unpaired) electrons. The third-order valence-corrected chi connectivity index (χ3v) is 1.79. The van der Waals surface area contributed by atoms with Gasteiger partial charge >= 0.3 is 11.9 Å². The van der Waals surface area contributed by atoms with Crippen LogP contribution in [-0.2, 0) is 14.3 Å². The molecule has 0 aromatic carbocycles. The maximum Gasteiger partial charge on any atom is 0.331 e. The monoisotopic (exact) mass is 238 g/mol. The van der Waals surface area contributed by atoms with Gasteiger partial charge in [-0.15, -0.1) is 0 Å². The highest BCUT2D eigenvalue weighted by Gasteiger charge is 1.95. The first-order valence-electron chi connectivity index (χ1n) is 5.56. The van der Waals surface area contributed by atoms with Gasteiger partial charge in [-0.05, 0) is 12.5 Å². The lowest BCUT2D eigenvalue weighted by Gasteiger charge is -1.94. The van der Waals surface area contributed by atoms with Crippen LogP contribution in [0.3, 0.4) is 0 Å². The molecule has 0 heterocycles. The van der Waals surface area contributed by atoms with Crippen LogP contribution in [0.25, 0.3) is 0 Å². The number of esters is 1. The van der Waals surface area contributed by atoms with Gasteiger partial charge in [0.15, 0.2) is 0 Å². The molecule has 0 aliphatic rings. The van der Waals surface area contributed by atoms with Gasteiger partial charge in [-0.2, -0.15) is 0 Å². The topological polar surface area (TPSA) is 63.6 Å². The molecule has 0 bridgehead atoms. The van der Waals surface area contributed by atoms with E-state index < -0.39 is 11.9 Å². The number of allylic oxidation sites excluding steroid dienone is 3. The molecule has 0 spiro atoms. The number of hydrogen-bond acceptors (Lipinski definition) is 3. The van der Waals surface area contributed by atoms with Crippen LogP contribution in [0.15, 0.2) is 36.5 Å². The Kier molecular flexibility index (Phi) is 9.52. The Labute approximate surface area is 101 Å². The lowest BCUT2D eigenvalue weighted by atomic mass is 10.2. The summed E-state index contributed by atoms with van der Waals surface area (Å²) in [6.45, 7) is 2.27. The van der Waals surface area contributed by atoms with Crippen LogP contribution in [0, 0.1) is 0 Å². The van der Waals surface area contributed by atoms with Crippen molar-refractivity contribution in [1.29, 1.82) is 0 Å². The molecule has 0 saturated heterocycles. The van der Waals surface area contributed by atoms with Gasteiger partial charge in [-0.25, -0.2) is 9.59 Å². The molecule has 0 amide bonds. The highest BCUT2D eigenvalue weighted by Crippen LogP contribution is 1.94. The Morgan fingerprint density at radius 1 is 1.18 bits per heavy atom. The van der Waals surface area contributed by atoms with Gasteiger partial charge < -0.3 is 9.84 Å². The van der Waals surface area contributed by atoms with E-state index in [1.165, 1.54) is 12.8 Å². The lowest BCUT2D eigenvalue weighted by Crippen LogP contribution is -2.01. The van der Waals surface area contributed by atoms with Crippen LogP contribution in [0.2, 0.25) is 0 Å². The van der Waals surface area contributed by atoms with E-state index in [0.29, 0.717) is 0 Å². The standard InChI is InChI=1S/C13H18O4/c1-2-3-4-5-6-7-8-11-17-13(16)10-9-12(14)15/h5-10H,2-4,11H2,1H3,(H,14,15)/b6-5?,8-7?,10-9-. The second kappa shape index (κ2) is 10.7. The Morgan fingerprint density at radius 3 is 2.53 bits per heavy atom. The summed E-state index contributed by atoms with van der Waals surface area (Å²) in [5.41, 5.74) is 0. The van der Waals surface area contributed by atoms with Crippen LogP contribution in [-0.4, -0.2) is 23.7 Å². The van der Waals surface area contributed by atoms with Crippen molar-refractivity contribution >= 4 is 11.9 Å². The molecule has 0 unspecified atom stereocenters. The number of aliphatic carboxylic acids is 1. The van der Waals surface area contributed by atoms with Gasteiger partial charge in [0.05, 0.1) is 0 Å². The smallest absolute Gasteiger partial charge is 0.331 e. The zero-order chi connectivity index (χ0) is 12.9. The molecular formula is C13H18O4. The van der Waals surface area contributed by atoms with E-state index in [2.05, 4.69) is 6.92 Å². The highest BCUT2D eigenvalue weighted by molar-refractivity contribution is 5.90. The van der Waals surface area contributed by atoms with Crippen molar-refractivity contribution in [2.45, 2.75) is 26.2 Å². The molecule has 0 aromatic rings. The van der Waals surface area contributed by atoms with Crippen LogP contribution in [0.1, 0.15) is 26.2 Å². The van der Waals surface area contributed by atoms with Gasteiger partial charge in [-0.3, -0.25) is 0 Å². The summed E-state index contributed by atoms with van der Waals surface area (Å²) in [4.78, 5) is 21.0. The Balaban J connectivity index is 3.62. The van der Waals surface area contributed by atoms with E-state index in [0.717, 1.165) is 18.6 Å². The van der Waals surface area contributed by atoms with E-state index in [9.17, 15) is 9.59 Å². The fourth-order valence-electron chi connectivity index (χ4n) is 0.949. The SMILES string of the molecule is CCCCC=CC=CCOC(=O)/C=C\C(=O)O. The molecule has 4 heteroatoms. The van der Waals surface area contributed by atoms with Gasteiger partial charge in [-0.1, -0.05) is 38.0 Å². The average molecular weight is 238 g/mol. The summed E-state index contributed by atoms with van der Waals surface area (Å²) >= 11 is 0. The largest absolute Gasteiger partial charge is 0.478 e. The fourth-order valence-corrected chi connectivity index (χ4v) is 0.949. The van der Waals surface area contributed by atoms with Gasteiger partial charge in [0.25, 0.3) is 0 Å². The van der Waals surface area contributed by atoms with Gasteiger partial charge in [0.1, 0.15) is 6.61 Å². The number of carbonyl (C=O) groups is 2. The highest BCUT2D eigenvalue weighted by atomic mass is 16.5. The number of hydrogen-bond donors (Lipinski definition) is 1. The predicted molar refractivity (Wildman–Crippen MR) is 65.5 cm³/mol. The fraction of sp³-hybridized carbons (Fsp3) is 0.385. The van der Waals surface area contributed by atoms with E-state index in [1.54, 1.807) is 12.2 Å². The van der Waals surface area contributed by atoms with E-state index >= 15 is 0 Å². The molecule has 4 nitrogen and oxygen atoms in total. The number of rotatable bonds is 8. The number of carboxylic acids is 1. The first-order valence-corrected chi connectivity index (χ1v) is 5.56. The summed E-state index contributed by atoms with van der Waals surface area (Å²) < 4.78 is 4.71. The summed E-state index contributed by atoms with van der Waals surface area (Å²) in [5, 5.41) is 8.26. The number of carboxylic acid groups (broad SMARTS) is 1. The molecule has 0 saturated carbocycles. The van der Waals surface area contributed by atoms with Gasteiger partial charge in [0.2, 0.25) is 0 Å². The van der Waals surface area contributed by atoms with Crippen LogP contribution < -0.4 is 0 Å².